The molecule has 1 aliphatic heterocycles. The van der Waals surface area contributed by atoms with E-state index < -0.39 is 0 Å². The van der Waals surface area contributed by atoms with Gasteiger partial charge in [-0.15, -0.1) is 11.8 Å². The fourth-order valence-electron chi connectivity index (χ4n) is 3.66. The lowest BCUT2D eigenvalue weighted by atomic mass is 10.1. The van der Waals surface area contributed by atoms with E-state index in [0.717, 1.165) is 27.2 Å². The summed E-state index contributed by atoms with van der Waals surface area (Å²) in [7, 11) is 0. The van der Waals surface area contributed by atoms with Gasteiger partial charge in [-0.1, -0.05) is 24.3 Å². The summed E-state index contributed by atoms with van der Waals surface area (Å²) in [4.78, 5) is 31.5. The van der Waals surface area contributed by atoms with E-state index in [-0.39, 0.29) is 11.9 Å². The van der Waals surface area contributed by atoms with Crippen LogP contribution in [-0.2, 0) is 0 Å². The van der Waals surface area contributed by atoms with Crippen LogP contribution in [-0.4, -0.2) is 29.2 Å². The maximum absolute atomic E-state index is 13.0. The average Bonchev–Trinajstić information content (AvgIpc) is 3.26. The van der Waals surface area contributed by atoms with E-state index in [1.54, 1.807) is 16.7 Å². The minimum Gasteiger partial charge on any atom is -0.361 e. The van der Waals surface area contributed by atoms with Crippen LogP contribution in [0.25, 0.3) is 10.9 Å². The van der Waals surface area contributed by atoms with Crippen LogP contribution in [0.1, 0.15) is 10.4 Å². The van der Waals surface area contributed by atoms with Crippen molar-refractivity contribution in [3.8, 4) is 0 Å². The summed E-state index contributed by atoms with van der Waals surface area (Å²) in [5.41, 5.74) is 3.75. The molecule has 3 aromatic carbocycles. The molecule has 31 heavy (non-hydrogen) atoms. The number of anilines is 3. The van der Waals surface area contributed by atoms with Gasteiger partial charge >= 0.3 is 6.03 Å². The third-order valence-electron chi connectivity index (χ3n) is 5.16. The van der Waals surface area contributed by atoms with Crippen molar-refractivity contribution in [2.24, 2.45) is 0 Å². The van der Waals surface area contributed by atoms with Crippen molar-refractivity contribution in [1.29, 1.82) is 0 Å². The van der Waals surface area contributed by atoms with Gasteiger partial charge in [0.2, 0.25) is 0 Å². The molecule has 0 fully saturated rings. The molecule has 0 saturated heterocycles. The molecule has 0 aliphatic carbocycles. The summed E-state index contributed by atoms with van der Waals surface area (Å²) in [5.74, 6) is 0.795. The molecule has 0 saturated carbocycles. The number of benzene rings is 3. The van der Waals surface area contributed by atoms with Gasteiger partial charge in [-0.3, -0.25) is 4.79 Å². The van der Waals surface area contributed by atoms with E-state index in [1.807, 2.05) is 79.0 Å². The lowest BCUT2D eigenvalue weighted by Gasteiger charge is -2.29. The highest BCUT2D eigenvalue weighted by molar-refractivity contribution is 7.99. The minimum absolute atomic E-state index is 0.0389. The zero-order valence-corrected chi connectivity index (χ0v) is 17.4. The minimum atomic E-state index is -0.338. The number of urea groups is 1. The molecule has 3 amide bonds. The van der Waals surface area contributed by atoms with Gasteiger partial charge in [0.25, 0.3) is 5.91 Å². The number of fused-ring (bicyclic) bond motifs is 2. The number of nitrogens with one attached hydrogen (secondary N) is 3. The van der Waals surface area contributed by atoms with Crippen LogP contribution in [0.2, 0.25) is 0 Å². The first-order valence-corrected chi connectivity index (χ1v) is 10.9. The van der Waals surface area contributed by atoms with Crippen LogP contribution in [0.5, 0.6) is 0 Å². The maximum atomic E-state index is 13.0. The SMILES string of the molecule is O=C(Nc1ccc2c(c1)N(C(=O)c1ccccc1)CCS2)Nc1ccc2cc[nH]c2c1. The molecular weight excluding hydrogens is 408 g/mol. The lowest BCUT2D eigenvalue weighted by Crippen LogP contribution is -2.35. The van der Waals surface area contributed by atoms with Crippen LogP contribution in [0.4, 0.5) is 21.9 Å². The van der Waals surface area contributed by atoms with E-state index in [9.17, 15) is 9.59 Å². The van der Waals surface area contributed by atoms with Crippen molar-refractivity contribution >= 4 is 51.7 Å². The molecule has 3 N–H and O–H groups in total. The third-order valence-corrected chi connectivity index (χ3v) is 6.20. The van der Waals surface area contributed by atoms with Crippen molar-refractivity contribution < 1.29 is 9.59 Å². The molecule has 2 heterocycles. The second kappa shape index (κ2) is 8.20. The molecule has 154 valence electrons. The fourth-order valence-corrected chi connectivity index (χ4v) is 4.64. The number of aromatic amines is 1. The Labute approximate surface area is 183 Å². The summed E-state index contributed by atoms with van der Waals surface area (Å²) in [5, 5.41) is 6.82. The average molecular weight is 429 g/mol. The Hall–Kier alpha value is -3.71. The summed E-state index contributed by atoms with van der Waals surface area (Å²) in [6, 6.07) is 22.3. The summed E-state index contributed by atoms with van der Waals surface area (Å²) in [6.07, 6.45) is 1.86. The summed E-state index contributed by atoms with van der Waals surface area (Å²) >= 11 is 1.71. The number of carbonyl (C=O) groups excluding carboxylic acids is 2. The molecule has 1 aliphatic rings. The molecule has 5 rings (SSSR count). The number of carbonyl (C=O) groups is 2. The topological polar surface area (TPSA) is 77.2 Å². The van der Waals surface area contributed by atoms with Crippen molar-refractivity contribution in [3.05, 3.63) is 84.6 Å². The standard InChI is InChI=1S/C24H20N4O2S/c29-23(17-4-2-1-3-5-17)28-12-13-31-22-9-8-19(15-21(22)28)27-24(30)26-18-7-6-16-10-11-25-20(16)14-18/h1-11,14-15,25H,12-13H2,(H2,26,27,30). The van der Waals surface area contributed by atoms with Gasteiger partial charge < -0.3 is 20.5 Å². The second-order valence-corrected chi connectivity index (χ2v) is 8.35. The first-order chi connectivity index (χ1) is 15.2. The van der Waals surface area contributed by atoms with Crippen LogP contribution in [0, 0.1) is 0 Å². The Balaban J connectivity index is 1.35. The third kappa shape index (κ3) is 4.00. The number of aromatic nitrogens is 1. The van der Waals surface area contributed by atoms with Gasteiger partial charge in [0, 0.05) is 45.8 Å². The number of nitrogens with zero attached hydrogens (tertiary/aromatic N) is 1. The molecule has 7 heteroatoms. The Morgan fingerprint density at radius 1 is 0.903 bits per heavy atom. The van der Waals surface area contributed by atoms with Gasteiger partial charge in [-0.2, -0.15) is 0 Å². The number of rotatable bonds is 3. The Morgan fingerprint density at radius 2 is 1.68 bits per heavy atom. The highest BCUT2D eigenvalue weighted by atomic mass is 32.2. The molecule has 4 aromatic rings. The zero-order chi connectivity index (χ0) is 21.2. The molecule has 1 aromatic heterocycles. The van der Waals surface area contributed by atoms with Gasteiger partial charge in [-0.25, -0.2) is 4.79 Å². The second-order valence-electron chi connectivity index (χ2n) is 7.21. The maximum Gasteiger partial charge on any atom is 0.323 e. The van der Waals surface area contributed by atoms with Gasteiger partial charge in [0.05, 0.1) is 5.69 Å². The van der Waals surface area contributed by atoms with E-state index in [1.165, 1.54) is 0 Å². The smallest absolute Gasteiger partial charge is 0.323 e. The number of amides is 3. The monoisotopic (exact) mass is 428 g/mol. The Bertz CT molecular complexity index is 1270. The number of H-pyrrole nitrogens is 1. The zero-order valence-electron chi connectivity index (χ0n) is 16.6. The molecule has 0 atom stereocenters. The van der Waals surface area contributed by atoms with Gasteiger partial charge in [0.1, 0.15) is 0 Å². The fraction of sp³-hybridized carbons (Fsp3) is 0.0833. The van der Waals surface area contributed by atoms with Crippen molar-refractivity contribution in [2.45, 2.75) is 4.90 Å². The van der Waals surface area contributed by atoms with E-state index in [2.05, 4.69) is 15.6 Å². The predicted octanol–water partition coefficient (Wildman–Crippen LogP) is 5.56. The quantitative estimate of drug-likeness (QED) is 0.400. The van der Waals surface area contributed by atoms with Crippen molar-refractivity contribution in [2.75, 3.05) is 27.8 Å². The van der Waals surface area contributed by atoms with E-state index >= 15 is 0 Å². The molecule has 0 unspecified atom stereocenters. The lowest BCUT2D eigenvalue weighted by molar-refractivity contribution is 0.0987. The highest BCUT2D eigenvalue weighted by Crippen LogP contribution is 2.37. The molecular formula is C24H20N4O2S. The van der Waals surface area contributed by atoms with Gasteiger partial charge in [-0.05, 0) is 53.9 Å². The normalized spacial score (nSPS) is 13.0. The Kier molecular flexibility index (Phi) is 5.09. The van der Waals surface area contributed by atoms with Crippen molar-refractivity contribution in [3.63, 3.8) is 0 Å². The summed E-state index contributed by atoms with van der Waals surface area (Å²) < 4.78 is 0. The number of thioether (sulfide) groups is 1. The van der Waals surface area contributed by atoms with E-state index in [4.69, 9.17) is 0 Å². The largest absolute Gasteiger partial charge is 0.361 e. The molecule has 0 radical (unpaired) electrons. The van der Waals surface area contributed by atoms with E-state index in [0.29, 0.717) is 23.5 Å². The van der Waals surface area contributed by atoms with Crippen LogP contribution >= 0.6 is 11.8 Å². The predicted molar refractivity (Wildman–Crippen MR) is 126 cm³/mol. The Morgan fingerprint density at radius 3 is 2.52 bits per heavy atom. The first kappa shape index (κ1) is 19.3. The van der Waals surface area contributed by atoms with Crippen LogP contribution in [0.15, 0.2) is 83.9 Å². The van der Waals surface area contributed by atoms with Crippen LogP contribution < -0.4 is 15.5 Å². The van der Waals surface area contributed by atoms with Crippen molar-refractivity contribution in [1.82, 2.24) is 4.98 Å². The number of hydrogen-bond acceptors (Lipinski definition) is 3. The molecule has 0 spiro atoms. The highest BCUT2D eigenvalue weighted by Gasteiger charge is 2.24. The summed E-state index contributed by atoms with van der Waals surface area (Å²) in [6.45, 7) is 0.622. The first-order valence-electron chi connectivity index (χ1n) is 9.96. The van der Waals surface area contributed by atoms with Gasteiger partial charge in [0.15, 0.2) is 0 Å². The number of hydrogen-bond donors (Lipinski definition) is 3. The molecule has 6 nitrogen and oxygen atoms in total. The van der Waals surface area contributed by atoms with Crippen LogP contribution in [0.3, 0.4) is 0 Å². The molecule has 0 bridgehead atoms.